The molecule has 1 aromatic carbocycles. The maximum atomic E-state index is 12.1. The summed E-state index contributed by atoms with van der Waals surface area (Å²) in [6.07, 6.45) is 0.456. The molecule has 0 radical (unpaired) electrons. The van der Waals surface area contributed by atoms with Crippen molar-refractivity contribution in [2.24, 2.45) is 4.99 Å². The number of halogens is 1. The van der Waals surface area contributed by atoms with Crippen LogP contribution in [0.2, 0.25) is 0 Å². The maximum Gasteiger partial charge on any atom is 0.231 e. The number of fused-ring (bicyclic) bond motifs is 1. The van der Waals surface area contributed by atoms with Crippen molar-refractivity contribution in [2.45, 2.75) is 46.5 Å². The zero-order chi connectivity index (χ0) is 20.6. The van der Waals surface area contributed by atoms with Gasteiger partial charge in [0.1, 0.15) is 0 Å². The van der Waals surface area contributed by atoms with E-state index in [0.717, 1.165) is 42.7 Å². The molecule has 1 heterocycles. The Morgan fingerprint density at radius 3 is 2.48 bits per heavy atom. The predicted molar refractivity (Wildman–Crippen MR) is 128 cm³/mol. The SMILES string of the molecule is CCNC(=NCC(C)(C)c1ccc2c(c1)OCO2)NCCC(=O)N(CC)CC.I. The molecule has 0 unspecified atom stereocenters. The van der Waals surface area contributed by atoms with Gasteiger partial charge in [-0.05, 0) is 38.5 Å². The van der Waals surface area contributed by atoms with Gasteiger partial charge in [0, 0.05) is 38.0 Å². The van der Waals surface area contributed by atoms with Crippen LogP contribution in [0.4, 0.5) is 0 Å². The lowest BCUT2D eigenvalue weighted by molar-refractivity contribution is -0.130. The van der Waals surface area contributed by atoms with Gasteiger partial charge in [-0.2, -0.15) is 0 Å². The van der Waals surface area contributed by atoms with Crippen LogP contribution in [0.3, 0.4) is 0 Å². The van der Waals surface area contributed by atoms with Crippen LogP contribution < -0.4 is 20.1 Å². The number of aliphatic imine (C=N–C) groups is 1. The quantitative estimate of drug-likeness (QED) is 0.299. The Bertz CT molecular complexity index is 691. The Hall–Kier alpha value is -1.71. The molecule has 29 heavy (non-hydrogen) atoms. The normalized spacial score (nSPS) is 12.9. The first-order chi connectivity index (χ1) is 13.4. The van der Waals surface area contributed by atoms with Crippen molar-refractivity contribution < 1.29 is 14.3 Å². The predicted octanol–water partition coefficient (Wildman–Crippen LogP) is 3.12. The van der Waals surface area contributed by atoms with E-state index in [0.29, 0.717) is 19.5 Å². The van der Waals surface area contributed by atoms with Gasteiger partial charge in [-0.3, -0.25) is 9.79 Å². The maximum absolute atomic E-state index is 12.1. The molecule has 0 atom stereocenters. The summed E-state index contributed by atoms with van der Waals surface area (Å²) >= 11 is 0. The third-order valence-corrected chi connectivity index (χ3v) is 4.88. The third-order valence-electron chi connectivity index (χ3n) is 4.88. The Labute approximate surface area is 191 Å². The smallest absolute Gasteiger partial charge is 0.231 e. The first-order valence-corrected chi connectivity index (χ1v) is 10.1. The molecule has 1 aromatic rings. The highest BCUT2D eigenvalue weighted by Gasteiger charge is 2.24. The van der Waals surface area contributed by atoms with Crippen LogP contribution in [0.1, 0.15) is 46.6 Å². The largest absolute Gasteiger partial charge is 0.454 e. The van der Waals surface area contributed by atoms with Gasteiger partial charge in [0.05, 0.1) is 6.54 Å². The summed E-state index contributed by atoms with van der Waals surface area (Å²) in [4.78, 5) is 18.7. The number of guanidine groups is 1. The van der Waals surface area contributed by atoms with Crippen LogP contribution >= 0.6 is 24.0 Å². The van der Waals surface area contributed by atoms with E-state index >= 15 is 0 Å². The van der Waals surface area contributed by atoms with Gasteiger partial charge in [0.15, 0.2) is 17.5 Å². The standard InChI is InChI=1S/C21H34N4O3.HI/c1-6-22-20(23-12-11-19(26)25(7-2)8-3)24-14-21(4,5)16-9-10-17-18(13-16)28-15-27-17;/h9-10,13H,6-8,11-12,14-15H2,1-5H3,(H2,22,23,24);1H. The molecule has 0 saturated heterocycles. The number of carbonyl (C=O) groups is 1. The van der Waals surface area contributed by atoms with Gasteiger partial charge in [0.25, 0.3) is 0 Å². The molecule has 7 nitrogen and oxygen atoms in total. The number of hydrogen-bond donors (Lipinski definition) is 2. The number of ether oxygens (including phenoxy) is 2. The van der Waals surface area contributed by atoms with Crippen LogP contribution in [0.5, 0.6) is 11.5 Å². The fourth-order valence-electron chi connectivity index (χ4n) is 3.05. The van der Waals surface area contributed by atoms with Crippen LogP contribution in [-0.2, 0) is 10.2 Å². The molecular weight excluding hydrogens is 483 g/mol. The van der Waals surface area contributed by atoms with Crippen LogP contribution in [0.25, 0.3) is 0 Å². The highest BCUT2D eigenvalue weighted by molar-refractivity contribution is 14.0. The van der Waals surface area contributed by atoms with Crippen molar-refractivity contribution in [1.29, 1.82) is 0 Å². The van der Waals surface area contributed by atoms with E-state index < -0.39 is 0 Å². The first kappa shape index (κ1) is 25.3. The second-order valence-corrected chi connectivity index (χ2v) is 7.39. The number of nitrogens with zero attached hydrogens (tertiary/aromatic N) is 2. The van der Waals surface area contributed by atoms with E-state index in [1.54, 1.807) is 0 Å². The molecule has 0 bridgehead atoms. The molecule has 2 rings (SSSR count). The highest BCUT2D eigenvalue weighted by atomic mass is 127. The minimum atomic E-state index is -0.166. The van der Waals surface area contributed by atoms with Crippen molar-refractivity contribution in [3.05, 3.63) is 23.8 Å². The number of amides is 1. The molecule has 2 N–H and O–H groups in total. The molecule has 1 aliphatic heterocycles. The molecule has 1 aliphatic rings. The zero-order valence-electron chi connectivity index (χ0n) is 18.2. The van der Waals surface area contributed by atoms with Gasteiger partial charge in [-0.25, -0.2) is 0 Å². The second kappa shape index (κ2) is 12.1. The average Bonchev–Trinajstić information content (AvgIpc) is 3.15. The van der Waals surface area contributed by atoms with E-state index in [4.69, 9.17) is 14.5 Å². The summed E-state index contributed by atoms with van der Waals surface area (Å²) in [6.45, 7) is 14.0. The lowest BCUT2D eigenvalue weighted by Gasteiger charge is -2.24. The molecular formula is C21H35IN4O3. The van der Waals surface area contributed by atoms with E-state index in [1.807, 2.05) is 37.8 Å². The topological polar surface area (TPSA) is 75.2 Å². The first-order valence-electron chi connectivity index (χ1n) is 10.1. The minimum Gasteiger partial charge on any atom is -0.454 e. The number of hydrogen-bond acceptors (Lipinski definition) is 4. The average molecular weight is 518 g/mol. The monoisotopic (exact) mass is 518 g/mol. The van der Waals surface area contributed by atoms with Crippen LogP contribution in [0, 0.1) is 0 Å². The summed E-state index contributed by atoms with van der Waals surface area (Å²) in [5.74, 6) is 2.46. The zero-order valence-corrected chi connectivity index (χ0v) is 20.5. The number of nitrogens with one attached hydrogen (secondary N) is 2. The molecule has 0 aliphatic carbocycles. The summed E-state index contributed by atoms with van der Waals surface area (Å²) in [5.41, 5.74) is 0.980. The number of benzene rings is 1. The molecule has 0 aromatic heterocycles. The van der Waals surface area contributed by atoms with Gasteiger partial charge < -0.3 is 25.0 Å². The summed E-state index contributed by atoms with van der Waals surface area (Å²) < 4.78 is 10.9. The van der Waals surface area contributed by atoms with Crippen molar-refractivity contribution >= 4 is 35.8 Å². The lowest BCUT2D eigenvalue weighted by atomic mass is 9.84. The molecule has 164 valence electrons. The van der Waals surface area contributed by atoms with E-state index in [2.05, 4.69) is 30.5 Å². The van der Waals surface area contributed by atoms with E-state index in [-0.39, 0.29) is 42.1 Å². The van der Waals surface area contributed by atoms with Gasteiger partial charge >= 0.3 is 0 Å². The summed E-state index contributed by atoms with van der Waals surface area (Å²) in [7, 11) is 0. The Morgan fingerprint density at radius 2 is 1.83 bits per heavy atom. The molecule has 0 spiro atoms. The van der Waals surface area contributed by atoms with Crippen LogP contribution in [0.15, 0.2) is 23.2 Å². The number of rotatable bonds is 9. The van der Waals surface area contributed by atoms with Crippen molar-refractivity contribution in [2.75, 3.05) is 39.5 Å². The minimum absolute atomic E-state index is 0. The van der Waals surface area contributed by atoms with Crippen molar-refractivity contribution in [3.63, 3.8) is 0 Å². The van der Waals surface area contributed by atoms with Crippen molar-refractivity contribution in [3.8, 4) is 11.5 Å². The van der Waals surface area contributed by atoms with Crippen molar-refractivity contribution in [1.82, 2.24) is 15.5 Å². The lowest BCUT2D eigenvalue weighted by Crippen LogP contribution is -2.41. The fraction of sp³-hybridized carbons (Fsp3) is 0.619. The van der Waals surface area contributed by atoms with E-state index in [9.17, 15) is 4.79 Å². The molecule has 0 fully saturated rings. The third kappa shape index (κ3) is 7.24. The van der Waals surface area contributed by atoms with E-state index in [1.165, 1.54) is 0 Å². The van der Waals surface area contributed by atoms with Gasteiger partial charge in [-0.15, -0.1) is 24.0 Å². The Balaban J connectivity index is 0.00000420. The van der Waals surface area contributed by atoms with Crippen LogP contribution in [-0.4, -0.2) is 56.3 Å². The van der Waals surface area contributed by atoms with Gasteiger partial charge in [-0.1, -0.05) is 19.9 Å². The second-order valence-electron chi connectivity index (χ2n) is 7.39. The highest BCUT2D eigenvalue weighted by Crippen LogP contribution is 2.36. The summed E-state index contributed by atoms with van der Waals surface area (Å²) in [5, 5.41) is 6.52. The van der Waals surface area contributed by atoms with Gasteiger partial charge in [0.2, 0.25) is 12.7 Å². The Morgan fingerprint density at radius 1 is 1.14 bits per heavy atom. The molecule has 8 heteroatoms. The fourth-order valence-corrected chi connectivity index (χ4v) is 3.05. The number of carbonyl (C=O) groups excluding carboxylic acids is 1. The summed E-state index contributed by atoms with van der Waals surface area (Å²) in [6, 6.07) is 6.04. The Kier molecular flexibility index (Phi) is 10.6. The molecule has 1 amide bonds. The molecule has 0 saturated carbocycles.